The lowest BCUT2D eigenvalue weighted by Crippen LogP contribution is -2.09. The van der Waals surface area contributed by atoms with Gasteiger partial charge in [-0.1, -0.05) is 43.3 Å². The van der Waals surface area contributed by atoms with Gasteiger partial charge in [0.05, 0.1) is 24.2 Å². The highest BCUT2D eigenvalue weighted by Gasteiger charge is 2.38. The van der Waals surface area contributed by atoms with E-state index < -0.39 is 0 Å². The number of benzene rings is 2. The SMILES string of the molecule is CCC1OC1CC(=O)OCc1ccc2ccccc2c1C#N. The maximum Gasteiger partial charge on any atom is 0.308 e. The van der Waals surface area contributed by atoms with E-state index in [1.807, 2.05) is 43.3 Å². The molecule has 1 aliphatic rings. The highest BCUT2D eigenvalue weighted by molar-refractivity contribution is 5.89. The summed E-state index contributed by atoms with van der Waals surface area (Å²) in [5.74, 6) is -0.280. The fraction of sp³-hybridized carbons (Fsp3) is 0.333. The second kappa shape index (κ2) is 6.17. The van der Waals surface area contributed by atoms with Gasteiger partial charge in [0.15, 0.2) is 0 Å². The quantitative estimate of drug-likeness (QED) is 0.627. The number of esters is 1. The molecule has 4 heteroatoms. The maximum atomic E-state index is 11.8. The van der Waals surface area contributed by atoms with Gasteiger partial charge in [0.2, 0.25) is 0 Å². The summed E-state index contributed by atoms with van der Waals surface area (Å²) in [6.07, 6.45) is 1.40. The summed E-state index contributed by atoms with van der Waals surface area (Å²) in [6.45, 7) is 2.15. The van der Waals surface area contributed by atoms with E-state index in [1.165, 1.54) is 0 Å². The van der Waals surface area contributed by atoms with Gasteiger partial charge in [-0.2, -0.15) is 5.26 Å². The molecule has 2 aromatic rings. The number of ether oxygens (including phenoxy) is 2. The highest BCUT2D eigenvalue weighted by atomic mass is 16.6. The molecule has 1 heterocycles. The van der Waals surface area contributed by atoms with E-state index in [9.17, 15) is 10.1 Å². The molecule has 0 N–H and O–H groups in total. The van der Waals surface area contributed by atoms with Crippen molar-refractivity contribution in [2.24, 2.45) is 0 Å². The average Bonchev–Trinajstić information content (AvgIpc) is 3.30. The molecule has 4 nitrogen and oxygen atoms in total. The molecule has 2 aromatic carbocycles. The summed E-state index contributed by atoms with van der Waals surface area (Å²) in [5, 5.41) is 11.3. The lowest BCUT2D eigenvalue weighted by atomic mass is 10.0. The molecule has 2 atom stereocenters. The van der Waals surface area contributed by atoms with E-state index in [0.29, 0.717) is 5.56 Å². The van der Waals surface area contributed by atoms with Gasteiger partial charge in [-0.15, -0.1) is 0 Å². The minimum Gasteiger partial charge on any atom is -0.461 e. The van der Waals surface area contributed by atoms with Gasteiger partial charge < -0.3 is 9.47 Å². The van der Waals surface area contributed by atoms with Crippen molar-refractivity contribution < 1.29 is 14.3 Å². The Hall–Kier alpha value is -2.38. The minimum absolute atomic E-state index is 0.00420. The second-order valence-corrected chi connectivity index (χ2v) is 5.42. The van der Waals surface area contributed by atoms with Gasteiger partial charge in [-0.3, -0.25) is 4.79 Å². The third-order valence-corrected chi connectivity index (χ3v) is 3.97. The first kappa shape index (κ1) is 14.6. The Balaban J connectivity index is 1.69. The van der Waals surface area contributed by atoms with Crippen LogP contribution in [-0.2, 0) is 20.9 Å². The Bertz CT molecular complexity index is 748. The van der Waals surface area contributed by atoms with Crippen LogP contribution in [0.5, 0.6) is 0 Å². The zero-order valence-corrected chi connectivity index (χ0v) is 12.4. The second-order valence-electron chi connectivity index (χ2n) is 5.42. The molecule has 22 heavy (non-hydrogen) atoms. The molecule has 0 spiro atoms. The van der Waals surface area contributed by atoms with Crippen molar-refractivity contribution in [3.8, 4) is 6.07 Å². The van der Waals surface area contributed by atoms with Crippen LogP contribution < -0.4 is 0 Å². The number of hydrogen-bond donors (Lipinski definition) is 0. The van der Waals surface area contributed by atoms with E-state index in [-0.39, 0.29) is 31.2 Å². The number of rotatable bonds is 5. The van der Waals surface area contributed by atoms with Gasteiger partial charge in [-0.05, 0) is 17.2 Å². The van der Waals surface area contributed by atoms with E-state index >= 15 is 0 Å². The lowest BCUT2D eigenvalue weighted by Gasteiger charge is -2.08. The van der Waals surface area contributed by atoms with E-state index in [0.717, 1.165) is 22.8 Å². The summed E-state index contributed by atoms with van der Waals surface area (Å²) in [4.78, 5) is 11.8. The summed E-state index contributed by atoms with van der Waals surface area (Å²) in [5.41, 5.74) is 1.30. The number of nitriles is 1. The smallest absolute Gasteiger partial charge is 0.308 e. The van der Waals surface area contributed by atoms with Gasteiger partial charge in [0.25, 0.3) is 0 Å². The highest BCUT2D eigenvalue weighted by Crippen LogP contribution is 2.28. The fourth-order valence-corrected chi connectivity index (χ4v) is 2.67. The zero-order valence-electron chi connectivity index (χ0n) is 12.4. The Kier molecular flexibility index (Phi) is 4.08. The monoisotopic (exact) mass is 295 g/mol. The summed E-state index contributed by atoms with van der Waals surface area (Å²) < 4.78 is 10.6. The number of carbonyl (C=O) groups is 1. The van der Waals surface area contributed by atoms with Gasteiger partial charge in [0.1, 0.15) is 12.7 Å². The zero-order chi connectivity index (χ0) is 15.5. The van der Waals surface area contributed by atoms with Gasteiger partial charge in [0, 0.05) is 5.56 Å². The third-order valence-electron chi connectivity index (χ3n) is 3.97. The molecule has 1 saturated heterocycles. The number of epoxide rings is 1. The maximum absolute atomic E-state index is 11.8. The number of carbonyl (C=O) groups excluding carboxylic acids is 1. The van der Waals surface area contributed by atoms with E-state index in [1.54, 1.807) is 0 Å². The predicted molar refractivity (Wildman–Crippen MR) is 82.0 cm³/mol. The van der Waals surface area contributed by atoms with Crippen LogP contribution in [0.2, 0.25) is 0 Å². The first-order valence-electron chi connectivity index (χ1n) is 7.44. The molecule has 0 amide bonds. The van der Waals surface area contributed by atoms with Crippen molar-refractivity contribution in [1.82, 2.24) is 0 Å². The van der Waals surface area contributed by atoms with Crippen molar-refractivity contribution in [2.45, 2.75) is 38.6 Å². The van der Waals surface area contributed by atoms with Crippen molar-refractivity contribution >= 4 is 16.7 Å². The van der Waals surface area contributed by atoms with Gasteiger partial charge >= 0.3 is 5.97 Å². The van der Waals surface area contributed by atoms with Crippen molar-refractivity contribution in [1.29, 1.82) is 5.26 Å². The Morgan fingerprint density at radius 1 is 1.27 bits per heavy atom. The lowest BCUT2D eigenvalue weighted by molar-refractivity contribution is -0.145. The normalized spacial score (nSPS) is 19.6. The van der Waals surface area contributed by atoms with Crippen molar-refractivity contribution in [2.75, 3.05) is 0 Å². The largest absolute Gasteiger partial charge is 0.461 e. The molecule has 1 aliphatic heterocycles. The molecule has 0 bridgehead atoms. The Labute approximate surface area is 129 Å². The molecule has 112 valence electrons. The van der Waals surface area contributed by atoms with Crippen LogP contribution in [0.4, 0.5) is 0 Å². The van der Waals surface area contributed by atoms with Gasteiger partial charge in [-0.25, -0.2) is 0 Å². The summed E-state index contributed by atoms with van der Waals surface area (Å²) in [6, 6.07) is 13.7. The third kappa shape index (κ3) is 2.95. The number of nitrogens with zero attached hydrogens (tertiary/aromatic N) is 1. The van der Waals surface area contributed by atoms with E-state index in [2.05, 4.69) is 6.07 Å². The fourth-order valence-electron chi connectivity index (χ4n) is 2.67. The van der Waals surface area contributed by atoms with Crippen LogP contribution in [0.3, 0.4) is 0 Å². The molecule has 0 aliphatic carbocycles. The number of hydrogen-bond acceptors (Lipinski definition) is 4. The first-order valence-corrected chi connectivity index (χ1v) is 7.44. The molecular formula is C18H17NO3. The van der Waals surface area contributed by atoms with Crippen LogP contribution in [0.15, 0.2) is 36.4 Å². The summed E-state index contributed by atoms with van der Waals surface area (Å²) >= 11 is 0. The Morgan fingerprint density at radius 3 is 2.82 bits per heavy atom. The molecule has 3 rings (SSSR count). The van der Waals surface area contributed by atoms with Crippen LogP contribution >= 0.6 is 0 Å². The molecular weight excluding hydrogens is 278 g/mol. The van der Waals surface area contributed by atoms with Crippen LogP contribution in [-0.4, -0.2) is 18.2 Å². The van der Waals surface area contributed by atoms with Crippen molar-refractivity contribution in [3.63, 3.8) is 0 Å². The topological polar surface area (TPSA) is 62.6 Å². The molecule has 2 unspecified atom stereocenters. The summed E-state index contributed by atoms with van der Waals surface area (Å²) in [7, 11) is 0. The number of fused-ring (bicyclic) bond motifs is 1. The molecule has 1 fully saturated rings. The van der Waals surface area contributed by atoms with E-state index in [4.69, 9.17) is 9.47 Å². The first-order chi connectivity index (χ1) is 10.7. The Morgan fingerprint density at radius 2 is 2.09 bits per heavy atom. The predicted octanol–water partition coefficient (Wildman–Crippen LogP) is 3.32. The van der Waals surface area contributed by atoms with Crippen LogP contribution in [0.25, 0.3) is 10.8 Å². The van der Waals surface area contributed by atoms with Crippen molar-refractivity contribution in [3.05, 3.63) is 47.5 Å². The minimum atomic E-state index is -0.280. The van der Waals surface area contributed by atoms with Crippen LogP contribution in [0.1, 0.15) is 30.9 Å². The van der Waals surface area contributed by atoms with Crippen LogP contribution in [0, 0.1) is 11.3 Å². The standard InChI is InChI=1S/C18H17NO3/c1-2-16-17(22-16)9-18(20)21-11-13-8-7-12-5-3-4-6-14(12)15(13)10-19/h3-8,16-17H,2,9,11H2,1H3. The molecule has 0 saturated carbocycles. The average molecular weight is 295 g/mol. The molecule has 0 aromatic heterocycles. The molecule has 0 radical (unpaired) electrons.